The number of nitrogens with zero attached hydrogens (tertiary/aromatic N) is 5. The second kappa shape index (κ2) is 7.28. The molecule has 1 N–H and O–H groups in total. The molecule has 138 valence electrons. The highest BCUT2D eigenvalue weighted by Crippen LogP contribution is 2.24. The van der Waals surface area contributed by atoms with Gasteiger partial charge in [-0.15, -0.1) is 10.2 Å². The van der Waals surface area contributed by atoms with Crippen LogP contribution in [0.25, 0.3) is 11.4 Å². The molecule has 0 atom stereocenters. The van der Waals surface area contributed by atoms with Gasteiger partial charge in [0.25, 0.3) is 5.56 Å². The maximum Gasteiger partial charge on any atom is 0.343 e. The molecule has 8 heteroatoms. The summed E-state index contributed by atoms with van der Waals surface area (Å²) in [6.45, 7) is 0.484. The first-order valence-electron chi connectivity index (χ1n) is 8.51. The van der Waals surface area contributed by atoms with Crippen molar-refractivity contribution in [3.05, 3.63) is 93.7 Å². The Morgan fingerprint density at radius 2 is 1.46 bits per heavy atom. The Morgan fingerprint density at radius 1 is 0.857 bits per heavy atom. The van der Waals surface area contributed by atoms with Gasteiger partial charge in [0, 0.05) is 0 Å². The van der Waals surface area contributed by atoms with E-state index in [1.165, 1.54) is 0 Å². The minimum absolute atomic E-state index is 0.336. The predicted octanol–water partition coefficient (Wildman–Crippen LogP) is 2.75. The Morgan fingerprint density at radius 3 is 2.04 bits per heavy atom. The van der Waals surface area contributed by atoms with E-state index in [2.05, 4.69) is 15.2 Å². The lowest BCUT2D eigenvalue weighted by molar-refractivity contribution is 0.430. The highest BCUT2D eigenvalue weighted by molar-refractivity contribution is 5.95. The van der Waals surface area contributed by atoms with Crippen LogP contribution in [0.5, 0.6) is 5.88 Å². The molecule has 8 nitrogen and oxygen atoms in total. The van der Waals surface area contributed by atoms with E-state index in [0.29, 0.717) is 23.8 Å². The van der Waals surface area contributed by atoms with Crippen molar-refractivity contribution in [3.8, 4) is 17.3 Å². The summed E-state index contributed by atoms with van der Waals surface area (Å²) >= 11 is 0. The fourth-order valence-corrected chi connectivity index (χ4v) is 2.81. The van der Waals surface area contributed by atoms with Crippen molar-refractivity contribution in [2.75, 3.05) is 6.54 Å². The summed E-state index contributed by atoms with van der Waals surface area (Å²) in [6.07, 6.45) is 3.45. The molecule has 1 aliphatic heterocycles. The molecule has 0 amide bonds. The second-order valence-electron chi connectivity index (χ2n) is 5.90. The summed E-state index contributed by atoms with van der Waals surface area (Å²) in [6, 6.07) is 17.0. The van der Waals surface area contributed by atoms with Crippen LogP contribution in [0.4, 0.5) is 5.69 Å². The number of para-hydroxylation sites is 2. The van der Waals surface area contributed by atoms with Crippen molar-refractivity contribution in [2.24, 2.45) is 15.2 Å². The van der Waals surface area contributed by atoms with Gasteiger partial charge in [0.2, 0.25) is 11.6 Å². The average Bonchev–Trinajstić information content (AvgIpc) is 3.23. The molecule has 0 spiro atoms. The zero-order valence-electron chi connectivity index (χ0n) is 14.6. The fraction of sp³-hybridized carbons (Fsp3) is 0.0500. The van der Waals surface area contributed by atoms with Gasteiger partial charge in [-0.1, -0.05) is 42.5 Å². The minimum Gasteiger partial charge on any atom is -0.492 e. The number of hydrogen-bond acceptors (Lipinski definition) is 6. The van der Waals surface area contributed by atoms with E-state index in [1.807, 2.05) is 0 Å². The molecule has 0 radical (unpaired) electrons. The van der Waals surface area contributed by atoms with Crippen molar-refractivity contribution < 1.29 is 5.11 Å². The highest BCUT2D eigenvalue weighted by Gasteiger charge is 2.21. The zero-order chi connectivity index (χ0) is 19.5. The molecule has 1 aromatic heterocycles. The molecular formula is C20H15N5O3. The van der Waals surface area contributed by atoms with Crippen molar-refractivity contribution in [1.29, 1.82) is 0 Å². The summed E-state index contributed by atoms with van der Waals surface area (Å²) in [5.41, 5.74) is -1.08. The number of azo groups is 1. The van der Waals surface area contributed by atoms with Gasteiger partial charge in [-0.2, -0.15) is 0 Å². The third kappa shape index (κ3) is 3.07. The van der Waals surface area contributed by atoms with E-state index < -0.39 is 17.1 Å². The van der Waals surface area contributed by atoms with E-state index in [1.54, 1.807) is 72.8 Å². The van der Waals surface area contributed by atoms with Crippen molar-refractivity contribution in [3.63, 3.8) is 0 Å². The van der Waals surface area contributed by atoms with E-state index in [9.17, 15) is 14.7 Å². The molecule has 0 aliphatic carbocycles. The molecule has 2 aromatic carbocycles. The molecular weight excluding hydrogens is 358 g/mol. The summed E-state index contributed by atoms with van der Waals surface area (Å²) in [4.78, 5) is 30.1. The summed E-state index contributed by atoms with van der Waals surface area (Å²) in [7, 11) is 0. The molecule has 28 heavy (non-hydrogen) atoms. The third-order valence-electron chi connectivity index (χ3n) is 4.12. The van der Waals surface area contributed by atoms with Crippen molar-refractivity contribution in [1.82, 2.24) is 9.13 Å². The SMILES string of the molecule is O=c1c(N=NC2=NCC=C2)c(O)n(-c2ccccc2)c(=O)n1-c1ccccc1. The van der Waals surface area contributed by atoms with E-state index in [4.69, 9.17) is 0 Å². The first kappa shape index (κ1) is 17.3. The number of benzene rings is 2. The number of amidine groups is 1. The molecule has 0 saturated carbocycles. The number of aromatic nitrogens is 2. The number of aliphatic imine (C=N–C) groups is 1. The van der Waals surface area contributed by atoms with Gasteiger partial charge in [-0.05, 0) is 30.3 Å². The van der Waals surface area contributed by atoms with E-state index in [0.717, 1.165) is 9.13 Å². The molecule has 2 heterocycles. The first-order chi connectivity index (χ1) is 13.7. The van der Waals surface area contributed by atoms with Gasteiger partial charge in [0.15, 0.2) is 5.84 Å². The largest absolute Gasteiger partial charge is 0.492 e. The van der Waals surface area contributed by atoms with Crippen LogP contribution in [-0.4, -0.2) is 26.6 Å². The first-order valence-corrected chi connectivity index (χ1v) is 8.51. The molecule has 3 aromatic rings. The van der Waals surface area contributed by atoms with Crippen molar-refractivity contribution >= 4 is 11.5 Å². The topological polar surface area (TPSA) is 101 Å². The Labute approximate surface area is 159 Å². The van der Waals surface area contributed by atoms with Crippen LogP contribution in [0.1, 0.15) is 0 Å². The van der Waals surface area contributed by atoms with Gasteiger partial charge in [0.1, 0.15) is 0 Å². The van der Waals surface area contributed by atoms with Gasteiger partial charge in [0.05, 0.1) is 17.9 Å². The van der Waals surface area contributed by atoms with E-state index in [-0.39, 0.29) is 5.69 Å². The Hall–Kier alpha value is -4.07. The average molecular weight is 373 g/mol. The summed E-state index contributed by atoms with van der Waals surface area (Å²) in [5, 5.41) is 18.5. The minimum atomic E-state index is -0.771. The molecule has 0 saturated heterocycles. The number of aromatic hydroxyl groups is 1. The molecule has 0 unspecified atom stereocenters. The summed E-state index contributed by atoms with van der Waals surface area (Å²) < 4.78 is 1.97. The van der Waals surface area contributed by atoms with Crippen LogP contribution in [0.15, 0.2) is 97.6 Å². The maximum atomic E-state index is 13.1. The predicted molar refractivity (Wildman–Crippen MR) is 105 cm³/mol. The van der Waals surface area contributed by atoms with Crippen LogP contribution >= 0.6 is 0 Å². The Kier molecular flexibility index (Phi) is 4.51. The fourth-order valence-electron chi connectivity index (χ4n) is 2.81. The number of hydrogen-bond donors (Lipinski definition) is 1. The summed E-state index contributed by atoms with van der Waals surface area (Å²) in [5.74, 6) is -0.248. The van der Waals surface area contributed by atoms with Crippen LogP contribution in [0.2, 0.25) is 0 Å². The van der Waals surface area contributed by atoms with Crippen LogP contribution in [-0.2, 0) is 0 Å². The van der Waals surface area contributed by atoms with Gasteiger partial charge in [-0.3, -0.25) is 9.79 Å². The highest BCUT2D eigenvalue weighted by atomic mass is 16.3. The van der Waals surface area contributed by atoms with E-state index >= 15 is 0 Å². The lowest BCUT2D eigenvalue weighted by atomic mass is 10.3. The van der Waals surface area contributed by atoms with Gasteiger partial charge in [-0.25, -0.2) is 13.9 Å². The molecule has 1 aliphatic rings. The molecule has 0 bridgehead atoms. The lowest BCUT2D eigenvalue weighted by Gasteiger charge is -2.13. The van der Waals surface area contributed by atoms with Crippen molar-refractivity contribution in [2.45, 2.75) is 0 Å². The lowest BCUT2D eigenvalue weighted by Crippen LogP contribution is -2.37. The van der Waals surface area contributed by atoms with Gasteiger partial charge >= 0.3 is 5.69 Å². The second-order valence-corrected chi connectivity index (χ2v) is 5.90. The Balaban J connectivity index is 2.02. The molecule has 4 rings (SSSR count). The normalized spacial score (nSPS) is 13.2. The van der Waals surface area contributed by atoms with Crippen LogP contribution in [0, 0.1) is 0 Å². The van der Waals surface area contributed by atoms with Gasteiger partial charge < -0.3 is 5.11 Å². The van der Waals surface area contributed by atoms with Crippen LogP contribution < -0.4 is 11.2 Å². The zero-order valence-corrected chi connectivity index (χ0v) is 14.6. The monoisotopic (exact) mass is 373 g/mol. The smallest absolute Gasteiger partial charge is 0.343 e. The quantitative estimate of drug-likeness (QED) is 0.714. The maximum absolute atomic E-state index is 13.1. The van der Waals surface area contributed by atoms with Crippen LogP contribution in [0.3, 0.4) is 0 Å². The standard InChI is InChI=1S/C20H15N5O3/c26-18-17(23-22-16-12-7-13-21-16)19(27)25(15-10-5-2-6-11-15)20(28)24(18)14-8-3-1-4-9-14/h1-12,26H,13H2. The molecule has 0 fully saturated rings. The number of rotatable bonds is 3. The third-order valence-corrected chi connectivity index (χ3v) is 4.12. The Bertz CT molecular complexity index is 1220.